The Bertz CT molecular complexity index is 1220. The zero-order valence-electron chi connectivity index (χ0n) is 20.3. The fourth-order valence-electron chi connectivity index (χ4n) is 6.75. The molecular formula is C27H33N3O4S. The van der Waals surface area contributed by atoms with Crippen molar-refractivity contribution >= 4 is 33.2 Å². The molecule has 0 aliphatic heterocycles. The number of carbonyl (C=O) groups is 2. The summed E-state index contributed by atoms with van der Waals surface area (Å²) in [5, 5.41) is 5.99. The van der Waals surface area contributed by atoms with Crippen LogP contribution < -0.4 is 15.4 Å². The van der Waals surface area contributed by atoms with Gasteiger partial charge in [-0.15, -0.1) is 0 Å². The van der Waals surface area contributed by atoms with E-state index in [9.17, 15) is 18.0 Å². The molecule has 4 aliphatic carbocycles. The SMILES string of the molecule is Cc1ccc(NC(=O)c2ccc(CNC(=O)C34CC5CC(CC(C5)C3)C4)cc2)cc1NS(C)(=O)=O. The highest BCUT2D eigenvalue weighted by Crippen LogP contribution is 2.60. The molecule has 0 unspecified atom stereocenters. The average molecular weight is 496 g/mol. The minimum absolute atomic E-state index is 0.159. The van der Waals surface area contributed by atoms with E-state index in [1.807, 2.05) is 12.1 Å². The maximum Gasteiger partial charge on any atom is 0.255 e. The van der Waals surface area contributed by atoms with Gasteiger partial charge in [0.25, 0.3) is 5.91 Å². The molecule has 2 amide bonds. The van der Waals surface area contributed by atoms with Gasteiger partial charge in [0.1, 0.15) is 0 Å². The molecule has 186 valence electrons. The Balaban J connectivity index is 1.18. The highest BCUT2D eigenvalue weighted by atomic mass is 32.2. The van der Waals surface area contributed by atoms with E-state index in [4.69, 9.17) is 0 Å². The topological polar surface area (TPSA) is 104 Å². The highest BCUT2D eigenvalue weighted by Gasteiger charge is 2.54. The van der Waals surface area contributed by atoms with Crippen molar-refractivity contribution in [3.8, 4) is 0 Å². The second-order valence-electron chi connectivity index (χ2n) is 10.9. The Morgan fingerprint density at radius 2 is 1.54 bits per heavy atom. The van der Waals surface area contributed by atoms with Gasteiger partial charge < -0.3 is 10.6 Å². The van der Waals surface area contributed by atoms with Gasteiger partial charge in [-0.25, -0.2) is 8.42 Å². The first-order chi connectivity index (χ1) is 16.6. The molecule has 8 heteroatoms. The monoisotopic (exact) mass is 495 g/mol. The maximum atomic E-state index is 13.2. The number of anilines is 2. The van der Waals surface area contributed by atoms with Crippen molar-refractivity contribution < 1.29 is 18.0 Å². The van der Waals surface area contributed by atoms with Crippen LogP contribution in [0.15, 0.2) is 42.5 Å². The lowest BCUT2D eigenvalue weighted by Crippen LogP contribution is -2.53. The molecule has 4 fully saturated rings. The number of benzene rings is 2. The second kappa shape index (κ2) is 8.97. The van der Waals surface area contributed by atoms with Crippen molar-refractivity contribution in [2.75, 3.05) is 16.3 Å². The number of amides is 2. The number of hydrogen-bond donors (Lipinski definition) is 3. The predicted octanol–water partition coefficient (Wildman–Crippen LogP) is 4.45. The van der Waals surface area contributed by atoms with Crippen molar-refractivity contribution in [2.24, 2.45) is 23.2 Å². The van der Waals surface area contributed by atoms with Gasteiger partial charge >= 0.3 is 0 Å². The fraction of sp³-hybridized carbons (Fsp3) is 0.481. The van der Waals surface area contributed by atoms with Gasteiger partial charge in [0.15, 0.2) is 0 Å². The van der Waals surface area contributed by atoms with Crippen molar-refractivity contribution in [3.05, 3.63) is 59.2 Å². The summed E-state index contributed by atoms with van der Waals surface area (Å²) < 4.78 is 25.6. The molecule has 0 saturated heterocycles. The highest BCUT2D eigenvalue weighted by molar-refractivity contribution is 7.92. The van der Waals surface area contributed by atoms with Gasteiger partial charge in [0.05, 0.1) is 11.9 Å². The summed E-state index contributed by atoms with van der Waals surface area (Å²) in [5.74, 6) is 2.12. The van der Waals surface area contributed by atoms with Crippen LogP contribution >= 0.6 is 0 Å². The summed E-state index contributed by atoms with van der Waals surface area (Å²) in [6, 6.07) is 12.3. The summed E-state index contributed by atoms with van der Waals surface area (Å²) in [5.41, 5.74) is 2.96. The van der Waals surface area contributed by atoms with E-state index in [0.717, 1.165) is 54.4 Å². The van der Waals surface area contributed by atoms with Crippen LogP contribution in [0.3, 0.4) is 0 Å². The number of rotatable bonds is 7. The molecule has 0 atom stereocenters. The fourth-order valence-corrected chi connectivity index (χ4v) is 7.36. The number of aryl methyl sites for hydroxylation is 1. The molecule has 0 radical (unpaired) electrons. The quantitative estimate of drug-likeness (QED) is 0.528. The van der Waals surface area contributed by atoms with Gasteiger partial charge in [-0.1, -0.05) is 18.2 Å². The Hall–Kier alpha value is -2.87. The van der Waals surface area contributed by atoms with Crippen LogP contribution in [0, 0.1) is 30.1 Å². The summed E-state index contributed by atoms with van der Waals surface area (Å²) >= 11 is 0. The Labute approximate surface area is 207 Å². The van der Waals surface area contributed by atoms with Crippen LogP contribution in [0.5, 0.6) is 0 Å². The zero-order chi connectivity index (χ0) is 24.8. The van der Waals surface area contributed by atoms with E-state index in [2.05, 4.69) is 15.4 Å². The molecule has 3 N–H and O–H groups in total. The lowest BCUT2D eigenvalue weighted by atomic mass is 9.49. The number of hydrogen-bond acceptors (Lipinski definition) is 4. The average Bonchev–Trinajstić information content (AvgIpc) is 2.78. The van der Waals surface area contributed by atoms with Crippen LogP contribution in [0.2, 0.25) is 0 Å². The molecule has 4 saturated carbocycles. The Morgan fingerprint density at radius 3 is 2.11 bits per heavy atom. The number of nitrogens with one attached hydrogen (secondary N) is 3. The first kappa shape index (κ1) is 23.9. The standard InChI is InChI=1S/C27H33N3O4S/c1-17-3-8-23(12-24(17)30-35(2,33)34)29-25(31)22-6-4-18(5-7-22)16-28-26(32)27-13-19-9-20(14-27)11-21(10-19)15-27/h3-8,12,19-21,30H,9-11,13-16H2,1-2H3,(H,28,32)(H,29,31). The van der Waals surface area contributed by atoms with Gasteiger partial charge in [0, 0.05) is 23.2 Å². The van der Waals surface area contributed by atoms with E-state index < -0.39 is 10.0 Å². The Morgan fingerprint density at radius 1 is 0.943 bits per heavy atom. The normalized spacial score (nSPS) is 26.9. The van der Waals surface area contributed by atoms with Crippen LogP contribution in [0.25, 0.3) is 0 Å². The zero-order valence-corrected chi connectivity index (χ0v) is 21.1. The predicted molar refractivity (Wildman–Crippen MR) is 136 cm³/mol. The van der Waals surface area contributed by atoms with Crippen molar-refractivity contribution in [2.45, 2.75) is 52.0 Å². The van der Waals surface area contributed by atoms with Crippen LogP contribution in [0.4, 0.5) is 11.4 Å². The summed E-state index contributed by atoms with van der Waals surface area (Å²) in [4.78, 5) is 25.9. The van der Waals surface area contributed by atoms with Crippen molar-refractivity contribution in [1.82, 2.24) is 5.32 Å². The van der Waals surface area contributed by atoms with E-state index >= 15 is 0 Å². The summed E-state index contributed by atoms with van der Waals surface area (Å²) in [6.07, 6.45) is 8.17. The molecule has 2 aromatic rings. The first-order valence-corrected chi connectivity index (χ1v) is 14.2. The lowest BCUT2D eigenvalue weighted by Gasteiger charge is -2.55. The molecule has 2 aromatic carbocycles. The van der Waals surface area contributed by atoms with Crippen LogP contribution in [0.1, 0.15) is 60.0 Å². The molecule has 4 bridgehead atoms. The summed E-state index contributed by atoms with van der Waals surface area (Å²) in [6.45, 7) is 2.25. The molecule has 0 heterocycles. The van der Waals surface area contributed by atoms with E-state index in [-0.39, 0.29) is 17.2 Å². The molecule has 35 heavy (non-hydrogen) atoms. The third-order valence-corrected chi connectivity index (χ3v) is 8.57. The second-order valence-corrected chi connectivity index (χ2v) is 12.7. The molecule has 0 spiro atoms. The minimum Gasteiger partial charge on any atom is -0.352 e. The molecule has 7 nitrogen and oxygen atoms in total. The number of carbonyl (C=O) groups excluding carboxylic acids is 2. The number of sulfonamides is 1. The Kier molecular flexibility index (Phi) is 6.11. The van der Waals surface area contributed by atoms with Gasteiger partial charge in [0.2, 0.25) is 15.9 Å². The van der Waals surface area contributed by atoms with Crippen LogP contribution in [-0.2, 0) is 21.4 Å². The van der Waals surface area contributed by atoms with Gasteiger partial charge in [-0.2, -0.15) is 0 Å². The van der Waals surface area contributed by atoms with E-state index in [1.54, 1.807) is 37.3 Å². The third-order valence-electron chi connectivity index (χ3n) is 7.98. The summed E-state index contributed by atoms with van der Waals surface area (Å²) in [7, 11) is -3.42. The molecule has 6 rings (SSSR count). The van der Waals surface area contributed by atoms with Crippen molar-refractivity contribution in [3.63, 3.8) is 0 Å². The molecular weight excluding hydrogens is 462 g/mol. The maximum absolute atomic E-state index is 13.2. The molecule has 0 aromatic heterocycles. The largest absolute Gasteiger partial charge is 0.352 e. The van der Waals surface area contributed by atoms with Crippen molar-refractivity contribution in [1.29, 1.82) is 0 Å². The van der Waals surface area contributed by atoms with E-state index in [1.165, 1.54) is 19.3 Å². The van der Waals surface area contributed by atoms with Crippen LogP contribution in [-0.4, -0.2) is 26.5 Å². The first-order valence-electron chi connectivity index (χ1n) is 12.4. The smallest absolute Gasteiger partial charge is 0.255 e. The third kappa shape index (κ3) is 5.22. The minimum atomic E-state index is -3.42. The van der Waals surface area contributed by atoms with Gasteiger partial charge in [-0.05, 0) is 98.6 Å². The van der Waals surface area contributed by atoms with Gasteiger partial charge in [-0.3, -0.25) is 14.3 Å². The van der Waals surface area contributed by atoms with E-state index in [0.29, 0.717) is 23.5 Å². The lowest BCUT2D eigenvalue weighted by molar-refractivity contribution is -0.146. The molecule has 4 aliphatic rings.